The van der Waals surface area contributed by atoms with Gasteiger partial charge in [0.15, 0.2) is 0 Å². The number of halogens is 3. The molecule has 0 heterocycles. The fourth-order valence-electron chi connectivity index (χ4n) is 1.18. The van der Waals surface area contributed by atoms with Gasteiger partial charge in [0, 0.05) is 6.54 Å². The number of carbonyl (C=O) groups is 1. The molecule has 0 aliphatic heterocycles. The SMILES string of the molecule is CC(NCc1ccc(C(F)(F)F)cc1)C(N)=O. The molecule has 0 spiro atoms. The molecule has 0 fully saturated rings. The molecule has 1 atom stereocenters. The minimum atomic E-state index is -4.33. The van der Waals surface area contributed by atoms with Crippen LogP contribution in [0.2, 0.25) is 0 Å². The van der Waals surface area contributed by atoms with E-state index >= 15 is 0 Å². The van der Waals surface area contributed by atoms with Crippen LogP contribution in [0.25, 0.3) is 0 Å². The van der Waals surface area contributed by atoms with E-state index in [2.05, 4.69) is 5.32 Å². The number of primary amides is 1. The molecular formula is C11H13F3N2O. The third-order valence-electron chi connectivity index (χ3n) is 2.32. The van der Waals surface area contributed by atoms with E-state index in [1.165, 1.54) is 12.1 Å². The average molecular weight is 246 g/mol. The van der Waals surface area contributed by atoms with Gasteiger partial charge in [-0.05, 0) is 24.6 Å². The summed E-state index contributed by atoms with van der Waals surface area (Å²) < 4.78 is 36.8. The van der Waals surface area contributed by atoms with Crippen molar-refractivity contribution in [1.29, 1.82) is 0 Å². The Kier molecular flexibility index (Phi) is 4.11. The van der Waals surface area contributed by atoms with Gasteiger partial charge >= 0.3 is 6.18 Å². The van der Waals surface area contributed by atoms with Gasteiger partial charge in [0.2, 0.25) is 5.91 Å². The summed E-state index contributed by atoms with van der Waals surface area (Å²) in [5.74, 6) is -0.503. The Labute approximate surface area is 96.8 Å². The van der Waals surface area contributed by atoms with Gasteiger partial charge in [-0.1, -0.05) is 12.1 Å². The van der Waals surface area contributed by atoms with E-state index in [-0.39, 0.29) is 0 Å². The summed E-state index contributed by atoms with van der Waals surface area (Å²) in [6.07, 6.45) is -4.33. The molecule has 6 heteroatoms. The maximum atomic E-state index is 12.3. The van der Waals surface area contributed by atoms with Crippen LogP contribution in [0.15, 0.2) is 24.3 Å². The van der Waals surface area contributed by atoms with Gasteiger partial charge in [-0.15, -0.1) is 0 Å². The summed E-state index contributed by atoms with van der Waals surface area (Å²) in [6, 6.07) is 4.22. The molecule has 0 bridgehead atoms. The second-order valence-electron chi connectivity index (χ2n) is 3.70. The van der Waals surface area contributed by atoms with E-state index in [4.69, 9.17) is 5.73 Å². The molecule has 3 nitrogen and oxygen atoms in total. The van der Waals surface area contributed by atoms with Crippen molar-refractivity contribution in [3.8, 4) is 0 Å². The van der Waals surface area contributed by atoms with Crippen molar-refractivity contribution >= 4 is 5.91 Å². The first-order valence-electron chi connectivity index (χ1n) is 4.99. The predicted octanol–water partition coefficient (Wildman–Crippen LogP) is 1.67. The van der Waals surface area contributed by atoms with Crippen molar-refractivity contribution < 1.29 is 18.0 Å². The predicted molar refractivity (Wildman–Crippen MR) is 56.9 cm³/mol. The van der Waals surface area contributed by atoms with Gasteiger partial charge in [0.25, 0.3) is 0 Å². The molecule has 17 heavy (non-hydrogen) atoms. The molecule has 0 aliphatic rings. The molecule has 1 unspecified atom stereocenters. The van der Waals surface area contributed by atoms with Crippen LogP contribution in [0.3, 0.4) is 0 Å². The van der Waals surface area contributed by atoms with Crippen LogP contribution < -0.4 is 11.1 Å². The number of alkyl halides is 3. The third-order valence-corrected chi connectivity index (χ3v) is 2.32. The highest BCUT2D eigenvalue weighted by atomic mass is 19.4. The molecule has 1 aromatic rings. The minimum Gasteiger partial charge on any atom is -0.368 e. The van der Waals surface area contributed by atoms with Crippen molar-refractivity contribution in [3.63, 3.8) is 0 Å². The van der Waals surface area contributed by atoms with E-state index in [0.29, 0.717) is 12.1 Å². The molecule has 0 aliphatic carbocycles. The van der Waals surface area contributed by atoms with E-state index in [1.807, 2.05) is 0 Å². The maximum absolute atomic E-state index is 12.3. The van der Waals surface area contributed by atoms with Crippen LogP contribution in [-0.4, -0.2) is 11.9 Å². The Balaban J connectivity index is 2.60. The number of hydrogen-bond donors (Lipinski definition) is 2. The molecule has 0 radical (unpaired) electrons. The van der Waals surface area contributed by atoms with E-state index in [0.717, 1.165) is 12.1 Å². The fourth-order valence-corrected chi connectivity index (χ4v) is 1.18. The molecule has 1 aromatic carbocycles. The smallest absolute Gasteiger partial charge is 0.368 e. The van der Waals surface area contributed by atoms with Gasteiger partial charge in [0.05, 0.1) is 11.6 Å². The minimum absolute atomic E-state index is 0.294. The van der Waals surface area contributed by atoms with E-state index < -0.39 is 23.7 Å². The van der Waals surface area contributed by atoms with Crippen LogP contribution in [0.5, 0.6) is 0 Å². The Morgan fingerprint density at radius 1 is 1.35 bits per heavy atom. The van der Waals surface area contributed by atoms with Gasteiger partial charge in [-0.25, -0.2) is 0 Å². The summed E-state index contributed by atoms with van der Waals surface area (Å²) in [6.45, 7) is 1.88. The number of hydrogen-bond acceptors (Lipinski definition) is 2. The largest absolute Gasteiger partial charge is 0.416 e. The number of amides is 1. The highest BCUT2D eigenvalue weighted by molar-refractivity contribution is 5.79. The highest BCUT2D eigenvalue weighted by Gasteiger charge is 2.29. The maximum Gasteiger partial charge on any atom is 0.416 e. The number of nitrogens with one attached hydrogen (secondary N) is 1. The molecule has 94 valence electrons. The zero-order valence-electron chi connectivity index (χ0n) is 9.21. The molecule has 1 rings (SSSR count). The Morgan fingerprint density at radius 2 is 1.88 bits per heavy atom. The second kappa shape index (κ2) is 5.18. The lowest BCUT2D eigenvalue weighted by molar-refractivity contribution is -0.137. The van der Waals surface area contributed by atoms with Crippen molar-refractivity contribution in [2.24, 2.45) is 5.73 Å². The van der Waals surface area contributed by atoms with Crippen LogP contribution >= 0.6 is 0 Å². The topological polar surface area (TPSA) is 55.1 Å². The van der Waals surface area contributed by atoms with Gasteiger partial charge in [-0.2, -0.15) is 13.2 Å². The number of rotatable bonds is 4. The van der Waals surface area contributed by atoms with Crippen molar-refractivity contribution in [2.45, 2.75) is 25.7 Å². The monoisotopic (exact) mass is 246 g/mol. The Hall–Kier alpha value is -1.56. The Bertz CT molecular complexity index is 387. The van der Waals surface area contributed by atoms with Crippen LogP contribution in [0.1, 0.15) is 18.1 Å². The zero-order chi connectivity index (χ0) is 13.1. The van der Waals surface area contributed by atoms with Crippen LogP contribution in [0.4, 0.5) is 13.2 Å². The molecule has 0 aromatic heterocycles. The summed E-state index contributed by atoms with van der Waals surface area (Å²) in [5, 5.41) is 2.80. The lowest BCUT2D eigenvalue weighted by Gasteiger charge is -2.11. The molecule has 1 amide bonds. The van der Waals surface area contributed by atoms with Gasteiger partial charge in [-0.3, -0.25) is 4.79 Å². The fraction of sp³-hybridized carbons (Fsp3) is 0.364. The normalized spacial score (nSPS) is 13.4. The molecule has 0 saturated heterocycles. The summed E-state index contributed by atoms with van der Waals surface area (Å²) >= 11 is 0. The summed E-state index contributed by atoms with van der Waals surface area (Å²) in [5.41, 5.74) is 5.00. The number of carbonyl (C=O) groups excluding carboxylic acids is 1. The first-order chi connectivity index (χ1) is 7.80. The molecule has 3 N–H and O–H groups in total. The van der Waals surface area contributed by atoms with Crippen molar-refractivity contribution in [2.75, 3.05) is 0 Å². The summed E-state index contributed by atoms with van der Waals surface area (Å²) in [7, 11) is 0. The average Bonchev–Trinajstić information content (AvgIpc) is 2.25. The summed E-state index contributed by atoms with van der Waals surface area (Å²) in [4.78, 5) is 10.7. The Morgan fingerprint density at radius 3 is 2.29 bits per heavy atom. The first-order valence-corrected chi connectivity index (χ1v) is 4.99. The van der Waals surface area contributed by atoms with Crippen LogP contribution in [-0.2, 0) is 17.5 Å². The van der Waals surface area contributed by atoms with Gasteiger partial charge in [0.1, 0.15) is 0 Å². The van der Waals surface area contributed by atoms with E-state index in [9.17, 15) is 18.0 Å². The lowest BCUT2D eigenvalue weighted by atomic mass is 10.1. The van der Waals surface area contributed by atoms with E-state index in [1.54, 1.807) is 6.92 Å². The number of benzene rings is 1. The quantitative estimate of drug-likeness (QED) is 0.849. The molecular weight excluding hydrogens is 233 g/mol. The molecule has 0 saturated carbocycles. The zero-order valence-corrected chi connectivity index (χ0v) is 9.21. The number of nitrogens with two attached hydrogens (primary N) is 1. The van der Waals surface area contributed by atoms with Crippen molar-refractivity contribution in [1.82, 2.24) is 5.32 Å². The standard InChI is InChI=1S/C11H13F3N2O/c1-7(10(15)17)16-6-8-2-4-9(5-3-8)11(12,13)14/h2-5,7,16H,6H2,1H3,(H2,15,17). The van der Waals surface area contributed by atoms with Crippen molar-refractivity contribution in [3.05, 3.63) is 35.4 Å². The third kappa shape index (κ3) is 4.07. The first kappa shape index (κ1) is 13.5. The highest BCUT2D eigenvalue weighted by Crippen LogP contribution is 2.28. The lowest BCUT2D eigenvalue weighted by Crippen LogP contribution is -2.38. The second-order valence-corrected chi connectivity index (χ2v) is 3.70. The van der Waals surface area contributed by atoms with Gasteiger partial charge < -0.3 is 11.1 Å². The van der Waals surface area contributed by atoms with Crippen LogP contribution in [0, 0.1) is 0 Å².